The summed E-state index contributed by atoms with van der Waals surface area (Å²) in [5, 5.41) is 2.75. The molecule has 1 aliphatic heterocycles. The summed E-state index contributed by atoms with van der Waals surface area (Å²) in [5.74, 6) is -0.486. The van der Waals surface area contributed by atoms with Gasteiger partial charge in [-0.2, -0.15) is 0 Å². The fourth-order valence-corrected chi connectivity index (χ4v) is 3.27. The summed E-state index contributed by atoms with van der Waals surface area (Å²) < 4.78 is 10.7. The van der Waals surface area contributed by atoms with Crippen molar-refractivity contribution in [1.29, 1.82) is 0 Å². The molecule has 0 aromatic heterocycles. The van der Waals surface area contributed by atoms with Crippen molar-refractivity contribution < 1.29 is 23.9 Å². The van der Waals surface area contributed by atoms with Crippen molar-refractivity contribution in [2.75, 3.05) is 25.5 Å². The second kappa shape index (κ2) is 9.29. The Hall–Kier alpha value is -2.57. The lowest BCUT2D eigenvalue weighted by atomic mass is 9.91. The maximum absolute atomic E-state index is 12.5. The lowest BCUT2D eigenvalue weighted by Gasteiger charge is -2.35. The summed E-state index contributed by atoms with van der Waals surface area (Å²) in [7, 11) is 1.53. The molecule has 1 aromatic rings. The van der Waals surface area contributed by atoms with Crippen LogP contribution < -0.4 is 10.1 Å². The Morgan fingerprint density at radius 2 is 1.79 bits per heavy atom. The lowest BCUT2D eigenvalue weighted by Crippen LogP contribution is -2.45. The Morgan fingerprint density at radius 3 is 2.34 bits per heavy atom. The number of hydrogen-bond donors (Lipinski definition) is 1. The highest BCUT2D eigenvalue weighted by Gasteiger charge is 2.34. The molecule has 1 aromatic carbocycles. The number of methoxy groups -OCH3 is 1. The van der Waals surface area contributed by atoms with Crippen molar-refractivity contribution in [3.05, 3.63) is 23.8 Å². The number of aryl methyl sites for hydroxylation is 1. The average Bonchev–Trinajstić information content (AvgIpc) is 2.66. The highest BCUT2D eigenvalue weighted by atomic mass is 16.5. The van der Waals surface area contributed by atoms with Crippen molar-refractivity contribution in [3.8, 4) is 5.75 Å². The topological polar surface area (TPSA) is 84.9 Å². The van der Waals surface area contributed by atoms with Gasteiger partial charge >= 0.3 is 5.97 Å². The van der Waals surface area contributed by atoms with Crippen LogP contribution in [0.4, 0.5) is 5.69 Å². The van der Waals surface area contributed by atoms with Gasteiger partial charge < -0.3 is 19.7 Å². The van der Waals surface area contributed by atoms with Crippen LogP contribution in [0.2, 0.25) is 0 Å². The number of hydrogen-bond acceptors (Lipinski definition) is 5. The molecule has 1 saturated heterocycles. The Morgan fingerprint density at radius 1 is 1.17 bits per heavy atom. The highest BCUT2D eigenvalue weighted by molar-refractivity contribution is 5.96. The van der Waals surface area contributed by atoms with E-state index in [1.54, 1.807) is 24.0 Å². The molecule has 29 heavy (non-hydrogen) atoms. The Kier molecular flexibility index (Phi) is 7.27. The van der Waals surface area contributed by atoms with Gasteiger partial charge in [-0.15, -0.1) is 0 Å². The normalized spacial score (nSPS) is 16.1. The first-order valence-corrected chi connectivity index (χ1v) is 9.98. The second-order valence-electron chi connectivity index (χ2n) is 8.59. The molecule has 1 N–H and O–H groups in total. The summed E-state index contributed by atoms with van der Waals surface area (Å²) in [4.78, 5) is 39.1. The van der Waals surface area contributed by atoms with Gasteiger partial charge in [0.2, 0.25) is 5.91 Å². The number of nitrogens with one attached hydrogen (secondary N) is 1. The third-order valence-corrected chi connectivity index (χ3v) is 5.03. The van der Waals surface area contributed by atoms with Crippen LogP contribution >= 0.6 is 0 Å². The van der Waals surface area contributed by atoms with E-state index in [1.807, 2.05) is 33.8 Å². The van der Waals surface area contributed by atoms with Gasteiger partial charge in [-0.05, 0) is 44.4 Å². The van der Waals surface area contributed by atoms with E-state index >= 15 is 0 Å². The third kappa shape index (κ3) is 5.95. The number of carbonyl (C=O) groups is 3. The van der Waals surface area contributed by atoms with E-state index in [2.05, 4.69) is 5.32 Å². The number of esters is 1. The van der Waals surface area contributed by atoms with Gasteiger partial charge in [0.1, 0.15) is 5.75 Å². The molecule has 160 valence electrons. The zero-order valence-corrected chi connectivity index (χ0v) is 18.2. The smallest absolute Gasteiger partial charge is 0.309 e. The summed E-state index contributed by atoms with van der Waals surface area (Å²) in [6, 6.07) is 5.45. The van der Waals surface area contributed by atoms with Crippen molar-refractivity contribution in [1.82, 2.24) is 4.90 Å². The lowest BCUT2D eigenvalue weighted by molar-refractivity contribution is -0.160. The van der Waals surface area contributed by atoms with Gasteiger partial charge in [0.15, 0.2) is 6.10 Å². The summed E-state index contributed by atoms with van der Waals surface area (Å²) >= 11 is 0. The SMILES string of the molecule is COc1ccc(C)cc1NC(=O)[C@@H](C)OC(=O)C1CCN(C(=O)C(C)(C)C)CC1. The van der Waals surface area contributed by atoms with Gasteiger partial charge in [0, 0.05) is 18.5 Å². The first-order chi connectivity index (χ1) is 13.5. The summed E-state index contributed by atoms with van der Waals surface area (Å²) in [6.45, 7) is 10.2. The molecule has 2 rings (SSSR count). The maximum atomic E-state index is 12.5. The number of ether oxygens (including phenoxy) is 2. The van der Waals surface area contributed by atoms with E-state index in [0.717, 1.165) is 5.56 Å². The predicted molar refractivity (Wildman–Crippen MR) is 111 cm³/mol. The molecule has 0 saturated carbocycles. The van der Waals surface area contributed by atoms with Crippen LogP contribution in [-0.4, -0.2) is 49.0 Å². The number of likely N-dealkylation sites (tertiary alicyclic amines) is 1. The standard InChI is InChI=1S/C22H32N2O5/c1-14-7-8-18(28-6)17(13-14)23-19(25)15(2)29-20(26)16-9-11-24(12-10-16)21(27)22(3,4)5/h7-8,13,15-16H,9-12H2,1-6H3,(H,23,25)/t15-/m1/s1. The van der Waals surface area contributed by atoms with Gasteiger partial charge in [0.25, 0.3) is 5.91 Å². The quantitative estimate of drug-likeness (QED) is 0.762. The largest absolute Gasteiger partial charge is 0.495 e. The number of carbonyl (C=O) groups excluding carboxylic acids is 3. The third-order valence-electron chi connectivity index (χ3n) is 5.03. The maximum Gasteiger partial charge on any atom is 0.309 e. The molecular formula is C22H32N2O5. The first-order valence-electron chi connectivity index (χ1n) is 9.98. The average molecular weight is 405 g/mol. The van der Waals surface area contributed by atoms with Crippen molar-refractivity contribution in [2.45, 2.75) is 53.6 Å². The molecule has 7 heteroatoms. The number of nitrogens with zero attached hydrogens (tertiary/aromatic N) is 1. The van der Waals surface area contributed by atoms with Crippen molar-refractivity contribution in [2.24, 2.45) is 11.3 Å². The van der Waals surface area contributed by atoms with Crippen LogP contribution in [0.15, 0.2) is 18.2 Å². The van der Waals surface area contributed by atoms with Gasteiger partial charge in [-0.25, -0.2) is 0 Å². The van der Waals surface area contributed by atoms with E-state index in [0.29, 0.717) is 37.4 Å². The summed E-state index contributed by atoms with van der Waals surface area (Å²) in [6.07, 6.45) is 0.156. The number of piperidine rings is 1. The minimum atomic E-state index is -0.929. The number of amides is 2. The molecule has 1 heterocycles. The molecule has 7 nitrogen and oxygen atoms in total. The van der Waals surface area contributed by atoms with E-state index in [1.165, 1.54) is 7.11 Å². The monoisotopic (exact) mass is 404 g/mol. The zero-order chi connectivity index (χ0) is 21.8. The Labute approximate surface area is 172 Å². The molecular weight excluding hydrogens is 372 g/mol. The molecule has 1 fully saturated rings. The molecule has 0 bridgehead atoms. The molecule has 0 unspecified atom stereocenters. The van der Waals surface area contributed by atoms with Crippen LogP contribution in [0.25, 0.3) is 0 Å². The minimum Gasteiger partial charge on any atom is -0.495 e. The molecule has 1 atom stereocenters. The van der Waals surface area contributed by atoms with Crippen LogP contribution in [0.3, 0.4) is 0 Å². The van der Waals surface area contributed by atoms with Gasteiger partial charge in [-0.1, -0.05) is 26.8 Å². The van der Waals surface area contributed by atoms with Gasteiger partial charge in [0.05, 0.1) is 18.7 Å². The van der Waals surface area contributed by atoms with E-state index in [9.17, 15) is 14.4 Å². The number of rotatable bonds is 5. The number of anilines is 1. The van der Waals surface area contributed by atoms with Gasteiger partial charge in [-0.3, -0.25) is 14.4 Å². The number of benzene rings is 1. The first kappa shape index (κ1) is 22.7. The van der Waals surface area contributed by atoms with E-state index in [-0.39, 0.29) is 11.8 Å². The van der Waals surface area contributed by atoms with Crippen LogP contribution in [0.1, 0.15) is 46.1 Å². The highest BCUT2D eigenvalue weighted by Crippen LogP contribution is 2.26. The Balaban J connectivity index is 1.89. The fourth-order valence-electron chi connectivity index (χ4n) is 3.27. The van der Waals surface area contributed by atoms with Crippen molar-refractivity contribution >= 4 is 23.5 Å². The second-order valence-corrected chi connectivity index (χ2v) is 8.59. The van der Waals surface area contributed by atoms with Crippen LogP contribution in [-0.2, 0) is 19.1 Å². The van der Waals surface area contributed by atoms with Crippen LogP contribution in [0.5, 0.6) is 5.75 Å². The minimum absolute atomic E-state index is 0.0872. The van der Waals surface area contributed by atoms with E-state index < -0.39 is 23.4 Å². The van der Waals surface area contributed by atoms with E-state index in [4.69, 9.17) is 9.47 Å². The zero-order valence-electron chi connectivity index (χ0n) is 18.2. The fraction of sp³-hybridized carbons (Fsp3) is 0.591. The predicted octanol–water partition coefficient (Wildman–Crippen LogP) is 3.16. The van der Waals surface area contributed by atoms with Crippen LogP contribution in [0, 0.1) is 18.3 Å². The molecule has 0 aliphatic carbocycles. The summed E-state index contributed by atoms with van der Waals surface area (Å²) in [5.41, 5.74) is 1.08. The molecule has 0 spiro atoms. The molecule has 2 amide bonds. The molecule has 1 aliphatic rings. The molecule has 0 radical (unpaired) electrons. The Bertz CT molecular complexity index is 761. The van der Waals surface area contributed by atoms with Crippen molar-refractivity contribution in [3.63, 3.8) is 0 Å².